The molecule has 0 N–H and O–H groups in total. The summed E-state index contributed by atoms with van der Waals surface area (Å²) in [4.78, 5) is 14.8. The molecule has 2 heterocycles. The van der Waals surface area contributed by atoms with Gasteiger partial charge in [-0.1, -0.05) is 176 Å². The molecule has 8 aromatic carbocycles. The Morgan fingerprint density at radius 3 is 1.38 bits per heavy atom. The minimum Gasteiger partial charge on any atom is -0.456 e. The predicted molar refractivity (Wildman–Crippen MR) is 226 cm³/mol. The van der Waals surface area contributed by atoms with Crippen molar-refractivity contribution in [3.8, 4) is 56.4 Å². The van der Waals surface area contributed by atoms with Crippen LogP contribution in [0.4, 0.5) is 0 Å². The van der Waals surface area contributed by atoms with Gasteiger partial charge in [-0.3, -0.25) is 0 Å². The van der Waals surface area contributed by atoms with Gasteiger partial charge >= 0.3 is 0 Å². The van der Waals surface area contributed by atoms with Gasteiger partial charge in [-0.15, -0.1) is 0 Å². The molecular weight excluding hydrogens is 683 g/mol. The highest BCUT2D eigenvalue weighted by molar-refractivity contribution is 6.07. The summed E-state index contributed by atoms with van der Waals surface area (Å²) in [5.41, 5.74) is 13.8. The van der Waals surface area contributed by atoms with Gasteiger partial charge in [-0.25, -0.2) is 15.0 Å². The second-order valence-corrected chi connectivity index (χ2v) is 14.3. The monoisotopic (exact) mass is 715 g/mol. The fourth-order valence-electron chi connectivity index (χ4n) is 8.76. The zero-order chi connectivity index (χ0) is 37.1. The highest BCUT2D eigenvalue weighted by Gasteiger charge is 2.46. The lowest BCUT2D eigenvalue weighted by Crippen LogP contribution is -2.28. The molecule has 0 fully saturated rings. The van der Waals surface area contributed by atoms with Crippen molar-refractivity contribution in [2.24, 2.45) is 0 Å². The van der Waals surface area contributed by atoms with Crippen LogP contribution >= 0.6 is 0 Å². The first kappa shape index (κ1) is 32.0. The lowest BCUT2D eigenvalue weighted by Gasteiger charge is -2.34. The van der Waals surface area contributed by atoms with E-state index in [4.69, 9.17) is 19.4 Å². The van der Waals surface area contributed by atoms with E-state index in [2.05, 4.69) is 140 Å². The summed E-state index contributed by atoms with van der Waals surface area (Å²) < 4.78 is 6.70. The Hall–Kier alpha value is -7.43. The maximum Gasteiger partial charge on any atom is 0.164 e. The average Bonchev–Trinajstić information content (AvgIpc) is 3.80. The molecule has 0 aliphatic heterocycles. The van der Waals surface area contributed by atoms with E-state index in [0.29, 0.717) is 17.5 Å². The van der Waals surface area contributed by atoms with Crippen molar-refractivity contribution < 1.29 is 4.42 Å². The number of rotatable bonds is 6. The maximum atomic E-state index is 6.70. The van der Waals surface area contributed by atoms with Gasteiger partial charge < -0.3 is 4.42 Å². The number of benzene rings is 8. The lowest BCUT2D eigenvalue weighted by molar-refractivity contribution is 0.669. The topological polar surface area (TPSA) is 51.8 Å². The standard InChI is InChI=1S/C52H33N3O/c1-5-16-34(17-6-1)49-53-50(35-18-7-2-8-19-35)55-51(54-49)37-29-31-42-41-30-28-36(32-46(41)56-47(42)33-37)40-25-15-27-45-48(40)43-24-13-14-26-44(43)52(45,38-20-9-3-10-21-38)39-22-11-4-12-23-39/h1-33H. The van der Waals surface area contributed by atoms with Crippen LogP contribution in [0.3, 0.4) is 0 Å². The molecule has 4 heteroatoms. The van der Waals surface area contributed by atoms with Crippen LogP contribution in [0.15, 0.2) is 205 Å². The van der Waals surface area contributed by atoms with E-state index in [9.17, 15) is 0 Å². The van der Waals surface area contributed by atoms with Crippen LogP contribution < -0.4 is 0 Å². The zero-order valence-corrected chi connectivity index (χ0v) is 30.3. The molecule has 11 rings (SSSR count). The van der Waals surface area contributed by atoms with Crippen molar-refractivity contribution in [3.63, 3.8) is 0 Å². The molecular formula is C52H33N3O. The fourth-order valence-corrected chi connectivity index (χ4v) is 8.76. The van der Waals surface area contributed by atoms with Gasteiger partial charge in [0, 0.05) is 27.5 Å². The Bertz CT molecular complexity index is 2970. The zero-order valence-electron chi connectivity index (χ0n) is 30.3. The van der Waals surface area contributed by atoms with Crippen LogP contribution in [0.1, 0.15) is 22.3 Å². The molecule has 10 aromatic rings. The first-order valence-corrected chi connectivity index (χ1v) is 18.9. The normalized spacial score (nSPS) is 12.8. The van der Waals surface area contributed by atoms with Crippen LogP contribution in [0.25, 0.3) is 78.4 Å². The predicted octanol–water partition coefficient (Wildman–Crippen LogP) is 12.8. The number of aromatic nitrogens is 3. The number of hydrogen-bond acceptors (Lipinski definition) is 4. The van der Waals surface area contributed by atoms with Crippen LogP contribution in [0.2, 0.25) is 0 Å². The summed E-state index contributed by atoms with van der Waals surface area (Å²) >= 11 is 0. The van der Waals surface area contributed by atoms with E-state index < -0.39 is 5.41 Å². The molecule has 4 nitrogen and oxygen atoms in total. The van der Waals surface area contributed by atoms with Gasteiger partial charge in [0.2, 0.25) is 0 Å². The van der Waals surface area contributed by atoms with Crippen molar-refractivity contribution in [3.05, 3.63) is 222 Å². The largest absolute Gasteiger partial charge is 0.456 e. The molecule has 0 radical (unpaired) electrons. The second-order valence-electron chi connectivity index (χ2n) is 14.3. The smallest absolute Gasteiger partial charge is 0.164 e. The molecule has 262 valence electrons. The average molecular weight is 716 g/mol. The second kappa shape index (κ2) is 12.9. The quantitative estimate of drug-likeness (QED) is 0.172. The van der Waals surface area contributed by atoms with Gasteiger partial charge in [0.05, 0.1) is 5.41 Å². The molecule has 1 aliphatic carbocycles. The first-order chi connectivity index (χ1) is 27.8. The molecule has 0 spiro atoms. The summed E-state index contributed by atoms with van der Waals surface area (Å²) in [5.74, 6) is 1.85. The minimum atomic E-state index is -0.458. The van der Waals surface area contributed by atoms with Crippen LogP contribution in [-0.2, 0) is 5.41 Å². The van der Waals surface area contributed by atoms with Gasteiger partial charge in [0.1, 0.15) is 11.2 Å². The van der Waals surface area contributed by atoms with Crippen molar-refractivity contribution in [1.29, 1.82) is 0 Å². The van der Waals surface area contributed by atoms with Crippen molar-refractivity contribution in [1.82, 2.24) is 15.0 Å². The van der Waals surface area contributed by atoms with E-state index >= 15 is 0 Å². The number of hydrogen-bond donors (Lipinski definition) is 0. The fraction of sp³-hybridized carbons (Fsp3) is 0.0192. The molecule has 0 bridgehead atoms. The van der Waals surface area contributed by atoms with Gasteiger partial charge in [-0.05, 0) is 68.8 Å². The summed E-state index contributed by atoms with van der Waals surface area (Å²) in [6.45, 7) is 0. The van der Waals surface area contributed by atoms with Gasteiger partial charge in [0.15, 0.2) is 17.5 Å². The van der Waals surface area contributed by atoms with Crippen molar-refractivity contribution in [2.75, 3.05) is 0 Å². The van der Waals surface area contributed by atoms with Crippen molar-refractivity contribution >= 4 is 21.9 Å². The van der Waals surface area contributed by atoms with E-state index in [1.165, 1.54) is 38.9 Å². The molecule has 56 heavy (non-hydrogen) atoms. The van der Waals surface area contributed by atoms with Crippen LogP contribution in [-0.4, -0.2) is 15.0 Å². The summed E-state index contributed by atoms with van der Waals surface area (Å²) in [7, 11) is 0. The Morgan fingerprint density at radius 2 is 0.786 bits per heavy atom. The van der Waals surface area contributed by atoms with E-state index in [0.717, 1.165) is 44.2 Å². The minimum absolute atomic E-state index is 0.458. The highest BCUT2D eigenvalue weighted by Crippen LogP contribution is 2.58. The Balaban J connectivity index is 1.06. The molecule has 2 aromatic heterocycles. The molecule has 0 saturated carbocycles. The molecule has 0 amide bonds. The Morgan fingerprint density at radius 1 is 0.339 bits per heavy atom. The number of fused-ring (bicyclic) bond motifs is 6. The lowest BCUT2D eigenvalue weighted by atomic mass is 9.67. The SMILES string of the molecule is c1ccc(-c2nc(-c3ccccc3)nc(-c3ccc4c(c3)oc3cc(-c5cccc6c5-c5ccccc5C6(c5ccccc5)c5ccccc5)ccc34)n2)cc1. The first-order valence-electron chi connectivity index (χ1n) is 18.9. The summed E-state index contributed by atoms with van der Waals surface area (Å²) in [6, 6.07) is 70.5. The molecule has 0 atom stereocenters. The van der Waals surface area contributed by atoms with Gasteiger partial charge in [0.25, 0.3) is 0 Å². The maximum absolute atomic E-state index is 6.70. The Kier molecular flexibility index (Phi) is 7.36. The molecule has 1 aliphatic rings. The third kappa shape index (κ3) is 4.96. The third-order valence-corrected chi connectivity index (χ3v) is 11.2. The summed E-state index contributed by atoms with van der Waals surface area (Å²) in [6.07, 6.45) is 0. The Labute approximate surface area is 324 Å². The van der Waals surface area contributed by atoms with E-state index in [1.807, 2.05) is 60.7 Å². The number of nitrogens with zero attached hydrogens (tertiary/aromatic N) is 3. The number of furan rings is 1. The summed E-state index contributed by atoms with van der Waals surface area (Å²) in [5, 5.41) is 2.11. The van der Waals surface area contributed by atoms with E-state index in [-0.39, 0.29) is 0 Å². The highest BCUT2D eigenvalue weighted by atomic mass is 16.3. The van der Waals surface area contributed by atoms with Crippen LogP contribution in [0.5, 0.6) is 0 Å². The van der Waals surface area contributed by atoms with E-state index in [1.54, 1.807) is 0 Å². The molecule has 0 saturated heterocycles. The van der Waals surface area contributed by atoms with Gasteiger partial charge in [-0.2, -0.15) is 0 Å². The molecule has 0 unspecified atom stereocenters. The third-order valence-electron chi connectivity index (χ3n) is 11.2. The van der Waals surface area contributed by atoms with Crippen LogP contribution in [0, 0.1) is 0 Å². The van der Waals surface area contributed by atoms with Crippen molar-refractivity contribution in [2.45, 2.75) is 5.41 Å².